The minimum Gasteiger partial charge on any atom is -0.443 e. The van der Waals surface area contributed by atoms with Crippen molar-refractivity contribution in [2.75, 3.05) is 32.8 Å². The summed E-state index contributed by atoms with van der Waals surface area (Å²) in [6, 6.07) is 14.8. The highest BCUT2D eigenvalue weighted by molar-refractivity contribution is 7.99. The molecule has 1 aromatic carbocycles. The van der Waals surface area contributed by atoms with Crippen molar-refractivity contribution in [1.29, 1.82) is 0 Å². The fourth-order valence-electron chi connectivity index (χ4n) is 3.04. The molecule has 0 aliphatic rings. The van der Waals surface area contributed by atoms with Gasteiger partial charge in [0.15, 0.2) is 6.61 Å². The molecule has 3 unspecified atom stereocenters. The SMILES string of the molecule is CNC(/C(=N\OCc1cccc(NC(=O)OC(C)C(OC)SC)n1)c1ccccc1)N(C)N. The lowest BCUT2D eigenvalue weighted by Crippen LogP contribution is -2.51. The Kier molecular flexibility index (Phi) is 11.1. The van der Waals surface area contributed by atoms with Gasteiger partial charge in [-0.15, -0.1) is 11.8 Å². The number of hydrogen-bond donors (Lipinski definition) is 3. The second kappa shape index (κ2) is 13.8. The number of nitrogens with zero attached hydrogens (tertiary/aromatic N) is 3. The lowest BCUT2D eigenvalue weighted by Gasteiger charge is -2.24. The van der Waals surface area contributed by atoms with E-state index in [0.717, 1.165) is 5.56 Å². The number of pyridine rings is 1. The number of thioether (sulfide) groups is 1. The van der Waals surface area contributed by atoms with Crippen LogP contribution < -0.4 is 16.5 Å². The number of nitrogens with two attached hydrogens (primary N) is 1. The Morgan fingerprint density at radius 2 is 1.97 bits per heavy atom. The fourth-order valence-corrected chi connectivity index (χ4v) is 3.67. The maximum Gasteiger partial charge on any atom is 0.413 e. The first kappa shape index (κ1) is 26.6. The van der Waals surface area contributed by atoms with E-state index in [4.69, 9.17) is 20.2 Å². The van der Waals surface area contributed by atoms with Gasteiger partial charge >= 0.3 is 6.09 Å². The van der Waals surface area contributed by atoms with Crippen LogP contribution in [0.3, 0.4) is 0 Å². The van der Waals surface area contributed by atoms with E-state index in [0.29, 0.717) is 17.2 Å². The molecule has 0 radical (unpaired) electrons. The summed E-state index contributed by atoms with van der Waals surface area (Å²) >= 11 is 1.46. The third kappa shape index (κ3) is 8.30. The highest BCUT2D eigenvalue weighted by atomic mass is 32.2. The van der Waals surface area contributed by atoms with Gasteiger partial charge in [0.1, 0.15) is 29.2 Å². The normalized spacial score (nSPS) is 14.5. The summed E-state index contributed by atoms with van der Waals surface area (Å²) in [4.78, 5) is 22.2. The lowest BCUT2D eigenvalue weighted by atomic mass is 10.1. The zero-order chi connectivity index (χ0) is 24.2. The van der Waals surface area contributed by atoms with Gasteiger partial charge in [0.2, 0.25) is 0 Å². The molecular weight excluding hydrogens is 444 g/mol. The van der Waals surface area contributed by atoms with Crippen molar-refractivity contribution in [3.05, 3.63) is 59.8 Å². The Bertz CT molecular complexity index is 895. The summed E-state index contributed by atoms with van der Waals surface area (Å²) < 4.78 is 10.6. The molecule has 0 bridgehead atoms. The fraction of sp³-hybridized carbons (Fsp3) is 0.409. The van der Waals surface area contributed by atoms with Crippen LogP contribution in [0, 0.1) is 0 Å². The van der Waals surface area contributed by atoms with E-state index in [1.54, 1.807) is 46.3 Å². The molecule has 0 saturated carbocycles. The molecule has 180 valence electrons. The molecule has 1 heterocycles. The average molecular weight is 477 g/mol. The predicted octanol–water partition coefficient (Wildman–Crippen LogP) is 2.63. The number of aromatic nitrogens is 1. The molecule has 0 aliphatic heterocycles. The quantitative estimate of drug-likeness (QED) is 0.184. The minimum atomic E-state index is -0.614. The summed E-state index contributed by atoms with van der Waals surface area (Å²) in [6.45, 7) is 1.86. The van der Waals surface area contributed by atoms with Gasteiger partial charge in [0.25, 0.3) is 0 Å². The largest absolute Gasteiger partial charge is 0.443 e. The predicted molar refractivity (Wildman–Crippen MR) is 131 cm³/mol. The van der Waals surface area contributed by atoms with Crippen LogP contribution >= 0.6 is 11.8 Å². The maximum atomic E-state index is 12.2. The minimum absolute atomic E-state index is 0.0975. The number of hydrazine groups is 1. The first-order valence-electron chi connectivity index (χ1n) is 10.3. The van der Waals surface area contributed by atoms with E-state index in [1.165, 1.54) is 16.8 Å². The summed E-state index contributed by atoms with van der Waals surface area (Å²) in [7, 11) is 5.10. The third-order valence-corrected chi connectivity index (χ3v) is 5.60. The lowest BCUT2D eigenvalue weighted by molar-refractivity contribution is 0.0382. The van der Waals surface area contributed by atoms with Crippen LogP contribution in [0.25, 0.3) is 0 Å². The van der Waals surface area contributed by atoms with E-state index in [1.807, 2.05) is 36.6 Å². The number of likely N-dealkylation sites (N-methyl/N-ethyl adjacent to an activating group) is 2. The van der Waals surface area contributed by atoms with Gasteiger partial charge in [0, 0.05) is 19.7 Å². The number of anilines is 1. The van der Waals surface area contributed by atoms with Crippen molar-refractivity contribution in [1.82, 2.24) is 15.3 Å². The summed E-state index contributed by atoms with van der Waals surface area (Å²) in [5, 5.41) is 11.6. The summed E-state index contributed by atoms with van der Waals surface area (Å²) in [6.07, 6.45) is 0.481. The second-order valence-electron chi connectivity index (χ2n) is 7.06. The molecule has 3 atom stereocenters. The maximum absolute atomic E-state index is 12.2. The molecule has 0 spiro atoms. The van der Waals surface area contributed by atoms with Crippen molar-refractivity contribution in [2.45, 2.75) is 31.2 Å². The number of nitrogens with one attached hydrogen (secondary N) is 2. The van der Waals surface area contributed by atoms with E-state index in [9.17, 15) is 4.79 Å². The highest BCUT2D eigenvalue weighted by Crippen LogP contribution is 2.16. The van der Waals surface area contributed by atoms with Crippen molar-refractivity contribution in [3.8, 4) is 0 Å². The number of hydrogen-bond acceptors (Lipinski definition) is 10. The Morgan fingerprint density at radius 1 is 1.24 bits per heavy atom. The Balaban J connectivity index is 2.05. The van der Waals surface area contributed by atoms with Crippen LogP contribution in [0.5, 0.6) is 0 Å². The van der Waals surface area contributed by atoms with E-state index >= 15 is 0 Å². The van der Waals surface area contributed by atoms with Crippen LogP contribution in [-0.2, 0) is 20.9 Å². The molecule has 2 rings (SSSR count). The number of oxime groups is 1. The van der Waals surface area contributed by atoms with Crippen LogP contribution in [0.4, 0.5) is 10.6 Å². The first-order chi connectivity index (χ1) is 15.9. The van der Waals surface area contributed by atoms with Crippen molar-refractivity contribution in [3.63, 3.8) is 0 Å². The van der Waals surface area contributed by atoms with Gasteiger partial charge < -0.3 is 14.3 Å². The zero-order valence-corrected chi connectivity index (χ0v) is 20.3. The Morgan fingerprint density at radius 3 is 2.58 bits per heavy atom. The molecule has 1 amide bonds. The van der Waals surface area contributed by atoms with E-state index in [-0.39, 0.29) is 18.2 Å². The monoisotopic (exact) mass is 476 g/mol. The van der Waals surface area contributed by atoms with Crippen LogP contribution in [0.15, 0.2) is 53.7 Å². The molecule has 0 saturated heterocycles. The van der Waals surface area contributed by atoms with Crippen LogP contribution in [0.1, 0.15) is 18.2 Å². The number of methoxy groups -OCH3 is 1. The van der Waals surface area contributed by atoms with E-state index < -0.39 is 12.2 Å². The van der Waals surface area contributed by atoms with Gasteiger partial charge in [-0.2, -0.15) is 0 Å². The summed E-state index contributed by atoms with van der Waals surface area (Å²) in [5.74, 6) is 6.31. The molecule has 11 heteroatoms. The smallest absolute Gasteiger partial charge is 0.413 e. The molecule has 10 nitrogen and oxygen atoms in total. The second-order valence-corrected chi connectivity index (χ2v) is 8.00. The molecule has 1 aromatic heterocycles. The van der Waals surface area contributed by atoms with Crippen molar-refractivity contribution < 1.29 is 19.1 Å². The number of amides is 1. The Hall–Kier alpha value is -2.70. The Labute approximate surface area is 198 Å². The molecule has 0 aliphatic carbocycles. The van der Waals surface area contributed by atoms with Crippen LogP contribution in [0.2, 0.25) is 0 Å². The number of carbonyl (C=O) groups is 1. The standard InChI is InChI=1S/C22H32N6O4S/c1-15(21(30-4)33-5)32-22(29)26-18-13-9-12-17(25-18)14-31-27-19(20(24-2)28(3)23)16-10-7-6-8-11-16/h6-13,15,20-21,24H,14,23H2,1-5H3,(H,25,26,29)/b27-19-. The number of ether oxygens (including phenoxy) is 2. The highest BCUT2D eigenvalue weighted by Gasteiger charge is 2.21. The van der Waals surface area contributed by atoms with Crippen molar-refractivity contribution >= 4 is 29.4 Å². The third-order valence-electron chi connectivity index (χ3n) is 4.56. The first-order valence-corrected chi connectivity index (χ1v) is 11.6. The van der Waals surface area contributed by atoms with Gasteiger partial charge in [-0.25, -0.2) is 14.8 Å². The van der Waals surface area contributed by atoms with Gasteiger partial charge in [-0.05, 0) is 32.4 Å². The van der Waals surface area contributed by atoms with Crippen LogP contribution in [-0.4, -0.2) is 67.0 Å². The molecule has 33 heavy (non-hydrogen) atoms. The summed E-state index contributed by atoms with van der Waals surface area (Å²) in [5.41, 5.74) is 1.82. The topological polar surface area (TPSA) is 123 Å². The van der Waals surface area contributed by atoms with Crippen molar-refractivity contribution in [2.24, 2.45) is 11.0 Å². The number of carbonyl (C=O) groups excluding carboxylic acids is 1. The molecular formula is C22H32N6O4S. The molecule has 4 N–H and O–H groups in total. The average Bonchev–Trinajstić information content (AvgIpc) is 2.80. The molecule has 2 aromatic rings. The van der Waals surface area contributed by atoms with Gasteiger partial charge in [-0.3, -0.25) is 16.5 Å². The molecule has 0 fully saturated rings. The van der Waals surface area contributed by atoms with E-state index in [2.05, 4.69) is 20.8 Å². The number of benzene rings is 1. The zero-order valence-electron chi connectivity index (χ0n) is 19.5. The van der Waals surface area contributed by atoms with Gasteiger partial charge in [-0.1, -0.05) is 41.6 Å². The number of rotatable bonds is 12. The van der Waals surface area contributed by atoms with Gasteiger partial charge in [0.05, 0.1) is 5.69 Å².